The Labute approximate surface area is 269 Å². The zero-order valence-corrected chi connectivity index (χ0v) is 31.8. The maximum Gasteiger partial charge on any atom is 0.487 e. The van der Waals surface area contributed by atoms with Crippen LogP contribution in [0.5, 0.6) is 0 Å². The van der Waals surface area contributed by atoms with Crippen molar-refractivity contribution >= 4 is 15.4 Å². The summed E-state index contributed by atoms with van der Waals surface area (Å²) in [4.78, 5) is 0. The molecule has 5 atom stereocenters. The van der Waals surface area contributed by atoms with Crippen LogP contribution < -0.4 is 0 Å². The van der Waals surface area contributed by atoms with Crippen LogP contribution in [0, 0.1) is 29.1 Å². The van der Waals surface area contributed by atoms with E-state index in [1.807, 2.05) is 13.8 Å². The Morgan fingerprint density at radius 3 is 2.12 bits per heavy atom. The molecule has 1 N–H and O–H groups in total. The zero-order valence-electron chi connectivity index (χ0n) is 30.8. The second-order valence-corrected chi connectivity index (χ2v) is 23.0. The lowest BCUT2D eigenvalue weighted by Crippen LogP contribution is -2.43. The van der Waals surface area contributed by atoms with Gasteiger partial charge in [-0.05, 0) is 140 Å². The molecule has 6 heteroatoms. The summed E-state index contributed by atoms with van der Waals surface area (Å²) in [6.45, 7) is 30.4. The molecule has 3 fully saturated rings. The molecule has 0 aromatic carbocycles. The fraction of sp³-hybridized carbons (Fsp3) is 0.946. The minimum atomic E-state index is -1.69. The van der Waals surface area contributed by atoms with Crippen molar-refractivity contribution < 1.29 is 18.8 Å². The van der Waals surface area contributed by atoms with Crippen LogP contribution >= 0.6 is 0 Å². The summed E-state index contributed by atoms with van der Waals surface area (Å²) in [5, 5.41) is 10.4. The summed E-state index contributed by atoms with van der Waals surface area (Å²) in [5.74, 6) is 5.28. The van der Waals surface area contributed by atoms with Gasteiger partial charge in [0.1, 0.15) is 0 Å². The highest BCUT2D eigenvalue weighted by molar-refractivity contribution is 6.74. The number of hydrogen-bond acceptors (Lipinski definition) is 4. The van der Waals surface area contributed by atoms with Crippen molar-refractivity contribution in [1.82, 2.24) is 0 Å². The Morgan fingerprint density at radius 1 is 0.930 bits per heavy atom. The molecule has 3 aliphatic rings. The molecule has 3 rings (SSSR count). The second kappa shape index (κ2) is 13.9. The van der Waals surface area contributed by atoms with Crippen LogP contribution in [0.15, 0.2) is 11.5 Å². The third-order valence-corrected chi connectivity index (χ3v) is 17.4. The van der Waals surface area contributed by atoms with Gasteiger partial charge in [0.15, 0.2) is 8.32 Å². The first kappa shape index (κ1) is 37.3. The highest BCUT2D eigenvalue weighted by Gasteiger charge is 2.56. The Kier molecular flexibility index (Phi) is 12.1. The third-order valence-electron chi connectivity index (χ3n) is 12.9. The lowest BCUT2D eigenvalue weighted by molar-refractivity contribution is 0.00578. The van der Waals surface area contributed by atoms with Crippen molar-refractivity contribution in [2.24, 2.45) is 29.1 Å². The standard InChI is InChI=1S/C37H71BO4Si/c1-28(19-18-26-40-43(12,13)33(2,3)4)31-23-24-32-29(27-38-41-35(7,8)36(9,10)42-38)21-22-30(37(31,32)11)20-16-14-15-17-25-34(5,6)39/h27-28,30-32,39H,14-26H2,1-13H3/b29-27+/t28-,30-,31-,32+,37-/m1/s1. The van der Waals surface area contributed by atoms with Crippen LogP contribution in [0.2, 0.25) is 18.1 Å². The van der Waals surface area contributed by atoms with Crippen LogP contribution in [0.1, 0.15) is 153 Å². The monoisotopic (exact) mass is 619 g/mol. The van der Waals surface area contributed by atoms with E-state index in [1.165, 1.54) is 64.2 Å². The largest absolute Gasteiger partial charge is 0.487 e. The number of allylic oxidation sites excluding steroid dienone is 1. The Morgan fingerprint density at radius 2 is 1.53 bits per heavy atom. The van der Waals surface area contributed by atoms with Gasteiger partial charge in [-0.15, -0.1) is 0 Å². The van der Waals surface area contributed by atoms with Gasteiger partial charge in [-0.3, -0.25) is 0 Å². The second-order valence-electron chi connectivity index (χ2n) is 18.2. The quantitative estimate of drug-likeness (QED) is 0.155. The molecule has 0 radical (unpaired) electrons. The van der Waals surface area contributed by atoms with E-state index in [1.54, 1.807) is 5.57 Å². The summed E-state index contributed by atoms with van der Waals surface area (Å²) in [5.41, 5.74) is 0.825. The summed E-state index contributed by atoms with van der Waals surface area (Å²) in [7, 11) is -1.93. The highest BCUT2D eigenvalue weighted by Crippen LogP contribution is 2.63. The topological polar surface area (TPSA) is 47.9 Å². The van der Waals surface area contributed by atoms with Gasteiger partial charge >= 0.3 is 7.12 Å². The van der Waals surface area contributed by atoms with Gasteiger partial charge in [0.2, 0.25) is 0 Å². The SMILES string of the molecule is C[C@H](CCCO[Si](C)(C)C(C)(C)C)[C@H]1CC[C@H]2/C(=C/B3OC(C)(C)C(C)(C)O3)CC[C@@H](CCCCCCC(C)(C)O)[C@]12C. The number of rotatable bonds is 14. The molecule has 0 spiro atoms. The van der Waals surface area contributed by atoms with E-state index in [2.05, 4.69) is 81.4 Å². The number of aliphatic hydroxyl groups is 1. The van der Waals surface area contributed by atoms with Gasteiger partial charge in [0, 0.05) is 6.61 Å². The molecule has 1 aliphatic heterocycles. The van der Waals surface area contributed by atoms with Gasteiger partial charge in [-0.1, -0.05) is 71.9 Å². The molecule has 0 bridgehead atoms. The molecule has 2 aliphatic carbocycles. The average molecular weight is 619 g/mol. The van der Waals surface area contributed by atoms with Gasteiger partial charge in [0.25, 0.3) is 0 Å². The van der Waals surface area contributed by atoms with Crippen LogP contribution in [0.4, 0.5) is 0 Å². The van der Waals surface area contributed by atoms with Crippen molar-refractivity contribution in [3.63, 3.8) is 0 Å². The predicted octanol–water partition coefficient (Wildman–Crippen LogP) is 10.5. The number of fused-ring (bicyclic) bond motifs is 1. The molecule has 2 saturated carbocycles. The van der Waals surface area contributed by atoms with Crippen molar-refractivity contribution in [3.05, 3.63) is 11.5 Å². The maximum atomic E-state index is 10.1. The summed E-state index contributed by atoms with van der Waals surface area (Å²) in [6.07, 6.45) is 14.8. The molecule has 250 valence electrons. The average Bonchev–Trinajstić information content (AvgIpc) is 3.31. The van der Waals surface area contributed by atoms with Crippen LogP contribution in [-0.4, -0.2) is 44.0 Å². The van der Waals surface area contributed by atoms with Crippen molar-refractivity contribution in [3.8, 4) is 0 Å². The fourth-order valence-corrected chi connectivity index (χ4v) is 9.45. The Hall–Kier alpha value is -0.138. The zero-order chi connectivity index (χ0) is 32.5. The normalized spacial score (nSPS) is 31.1. The first-order valence-corrected chi connectivity index (χ1v) is 20.9. The van der Waals surface area contributed by atoms with Crippen molar-refractivity contribution in [2.75, 3.05) is 6.61 Å². The fourth-order valence-electron chi connectivity index (χ4n) is 8.36. The van der Waals surface area contributed by atoms with E-state index < -0.39 is 13.9 Å². The van der Waals surface area contributed by atoms with E-state index in [0.717, 1.165) is 31.3 Å². The molecular weight excluding hydrogens is 547 g/mol. The molecule has 0 aromatic heterocycles. The molecule has 43 heavy (non-hydrogen) atoms. The molecular formula is C37H71BO4Si. The predicted molar refractivity (Wildman–Crippen MR) is 187 cm³/mol. The van der Waals surface area contributed by atoms with Gasteiger partial charge < -0.3 is 18.8 Å². The van der Waals surface area contributed by atoms with Gasteiger partial charge in [0.05, 0.1) is 16.8 Å². The van der Waals surface area contributed by atoms with Crippen LogP contribution in [0.3, 0.4) is 0 Å². The number of unbranched alkanes of at least 4 members (excludes halogenated alkanes) is 3. The lowest BCUT2D eigenvalue weighted by Gasteiger charge is -2.50. The Balaban J connectivity index is 1.71. The van der Waals surface area contributed by atoms with E-state index in [4.69, 9.17) is 13.7 Å². The van der Waals surface area contributed by atoms with Gasteiger partial charge in [-0.25, -0.2) is 0 Å². The van der Waals surface area contributed by atoms with Crippen LogP contribution in [0.25, 0.3) is 0 Å². The molecule has 0 amide bonds. The van der Waals surface area contributed by atoms with E-state index in [9.17, 15) is 5.11 Å². The lowest BCUT2D eigenvalue weighted by atomic mass is 9.54. The summed E-state index contributed by atoms with van der Waals surface area (Å²) < 4.78 is 19.5. The molecule has 1 saturated heterocycles. The molecule has 0 aromatic rings. The van der Waals surface area contributed by atoms with E-state index in [0.29, 0.717) is 17.3 Å². The smallest absolute Gasteiger partial charge is 0.417 e. The molecule has 4 nitrogen and oxygen atoms in total. The maximum absolute atomic E-state index is 10.1. The minimum absolute atomic E-state index is 0.236. The van der Waals surface area contributed by atoms with Gasteiger partial charge in [-0.2, -0.15) is 0 Å². The van der Waals surface area contributed by atoms with E-state index >= 15 is 0 Å². The highest BCUT2D eigenvalue weighted by atomic mass is 28.4. The first-order valence-electron chi connectivity index (χ1n) is 18.0. The minimum Gasteiger partial charge on any atom is -0.417 e. The number of hydrogen-bond donors (Lipinski definition) is 1. The van der Waals surface area contributed by atoms with Crippen LogP contribution in [-0.2, 0) is 13.7 Å². The third kappa shape index (κ3) is 9.02. The van der Waals surface area contributed by atoms with E-state index in [-0.39, 0.29) is 23.4 Å². The molecule has 1 heterocycles. The summed E-state index contributed by atoms with van der Waals surface area (Å²) >= 11 is 0. The van der Waals surface area contributed by atoms with Crippen molar-refractivity contribution in [2.45, 2.75) is 188 Å². The molecule has 0 unspecified atom stereocenters. The summed E-state index contributed by atoms with van der Waals surface area (Å²) in [6, 6.07) is 0. The van der Waals surface area contributed by atoms with Crippen molar-refractivity contribution in [1.29, 1.82) is 0 Å². The first-order chi connectivity index (χ1) is 19.6. The Bertz CT molecular complexity index is 914.